The van der Waals surface area contributed by atoms with Gasteiger partial charge in [0.05, 0.1) is 44.7 Å². The number of halogens is 3. The zero-order valence-corrected chi connectivity index (χ0v) is 50.3. The molecule has 458 valence electrons. The maximum Gasteiger partial charge on any atom is 0.417 e. The minimum atomic E-state index is -4.91. The Hall–Kier alpha value is -6.98. The first-order chi connectivity index (χ1) is 40.6. The number of thiazole rings is 1. The summed E-state index contributed by atoms with van der Waals surface area (Å²) in [4.78, 5) is 96.9. The summed E-state index contributed by atoms with van der Waals surface area (Å²) < 4.78 is 41.9. The number of pyridine rings is 1. The van der Waals surface area contributed by atoms with E-state index in [4.69, 9.17) is 0 Å². The highest BCUT2D eigenvalue weighted by Gasteiger charge is 2.44. The van der Waals surface area contributed by atoms with Crippen LogP contribution in [0.3, 0.4) is 0 Å². The number of nitrogens with one attached hydrogen (secondary N) is 5. The van der Waals surface area contributed by atoms with Crippen molar-refractivity contribution in [2.24, 2.45) is 5.41 Å². The molecule has 3 unspecified atom stereocenters. The molecule has 6 N–H and O–H groups in total. The van der Waals surface area contributed by atoms with Crippen LogP contribution in [0, 0.1) is 12.3 Å². The van der Waals surface area contributed by atoms with Crippen molar-refractivity contribution in [3.63, 3.8) is 0 Å². The van der Waals surface area contributed by atoms with E-state index in [1.807, 2.05) is 88.8 Å². The molecule has 2 aromatic heterocycles. The number of aromatic amines is 1. The fraction of sp³-hybridized carbons (Fsp3) is 0.508. The Bertz CT molecular complexity index is 3150. The van der Waals surface area contributed by atoms with Crippen LogP contribution in [0.15, 0.2) is 89.3 Å². The largest absolute Gasteiger partial charge is 0.417 e. The van der Waals surface area contributed by atoms with E-state index in [0.717, 1.165) is 123 Å². The molecule has 5 aromatic rings. The number of likely N-dealkylation sites (N-methyl/N-ethyl adjacent to an activating group) is 1. The highest BCUT2D eigenvalue weighted by atomic mass is 32.1. The Labute approximate surface area is 499 Å². The minimum Gasteiger partial charge on any atom is -0.391 e. The number of carbonyl (C=O) groups is 5. The van der Waals surface area contributed by atoms with Crippen LogP contribution in [-0.4, -0.2) is 161 Å². The molecular weight excluding hydrogens is 1110 g/mol. The van der Waals surface area contributed by atoms with Crippen LogP contribution >= 0.6 is 11.3 Å². The van der Waals surface area contributed by atoms with Crippen LogP contribution in [-0.2, 0) is 38.4 Å². The number of anilines is 2. The standard InChI is InChI=1S/C63H82F3N11O7S/c1-42-57(85-41-70-42)45-19-17-43(18-20-45)37-69-60(83)53-35-48(78)40-77(53)61(84)58(62(2,3)4)72-55(80)16-11-9-7-6-8-10-15-54(79)67-23-24-74-27-29-75(30-28-74)39-44-13-12-14-46(33-44)47-21-22-52(76-31-25-73(5)26-32-76)51(34-47)71-59(82)49-38-68-56(81)36-50(49)63(64,65)66/h12-14,17-22,33-34,36,38,41,48,53,58,78H,6-11,15-16,23-32,35,37,39-40H2,1-5H3,(H,67,79)(H,68,81)(H,69,83)(H,71,82)(H,72,80). The van der Waals surface area contributed by atoms with Gasteiger partial charge in [-0.05, 0) is 78.2 Å². The fourth-order valence-electron chi connectivity index (χ4n) is 11.2. The van der Waals surface area contributed by atoms with E-state index in [-0.39, 0.29) is 49.6 Å². The molecule has 0 radical (unpaired) electrons. The van der Waals surface area contributed by atoms with Crippen LogP contribution in [0.2, 0.25) is 0 Å². The summed E-state index contributed by atoms with van der Waals surface area (Å²) in [6.07, 6.45) is 0.880. The summed E-state index contributed by atoms with van der Waals surface area (Å²) in [5.74, 6) is -1.92. The lowest BCUT2D eigenvalue weighted by Crippen LogP contribution is -2.57. The van der Waals surface area contributed by atoms with Gasteiger partial charge in [-0.3, -0.25) is 38.6 Å². The van der Waals surface area contributed by atoms with Crippen molar-refractivity contribution < 1.29 is 42.3 Å². The third-order valence-electron chi connectivity index (χ3n) is 16.2. The van der Waals surface area contributed by atoms with Crippen molar-refractivity contribution in [2.45, 2.75) is 123 Å². The first-order valence-electron chi connectivity index (χ1n) is 29.6. The molecule has 3 saturated heterocycles. The highest BCUT2D eigenvalue weighted by molar-refractivity contribution is 7.13. The zero-order valence-electron chi connectivity index (χ0n) is 49.5. The predicted molar refractivity (Wildman–Crippen MR) is 325 cm³/mol. The van der Waals surface area contributed by atoms with E-state index in [2.05, 4.69) is 63.0 Å². The molecule has 0 saturated carbocycles. The lowest BCUT2D eigenvalue weighted by molar-refractivity contribution is -0.144. The Kier molecular flexibility index (Phi) is 22.2. The topological polar surface area (TPSA) is 216 Å². The monoisotopic (exact) mass is 1190 g/mol. The number of H-pyrrole nitrogens is 1. The number of benzene rings is 3. The van der Waals surface area contributed by atoms with Crippen molar-refractivity contribution >= 4 is 52.2 Å². The molecule has 18 nitrogen and oxygen atoms in total. The van der Waals surface area contributed by atoms with Crippen LogP contribution in [0.5, 0.6) is 0 Å². The number of unbranched alkanes of at least 4 members (excludes halogenated alkanes) is 5. The van der Waals surface area contributed by atoms with Gasteiger partial charge in [-0.15, -0.1) is 11.3 Å². The van der Waals surface area contributed by atoms with E-state index in [1.165, 1.54) is 4.90 Å². The third-order valence-corrected chi connectivity index (χ3v) is 17.2. The van der Waals surface area contributed by atoms with E-state index in [1.54, 1.807) is 17.4 Å². The summed E-state index contributed by atoms with van der Waals surface area (Å²) in [6, 6.07) is 20.3. The molecule has 22 heteroatoms. The average Bonchev–Trinajstić information content (AvgIpc) is 4.33. The van der Waals surface area contributed by atoms with Gasteiger partial charge < -0.3 is 46.1 Å². The maximum atomic E-state index is 14.1. The number of carbonyl (C=O) groups excluding carboxylic acids is 5. The van der Waals surface area contributed by atoms with Crippen molar-refractivity contribution in [1.82, 2.24) is 45.5 Å². The Balaban J connectivity index is 0.702. The molecule has 0 bridgehead atoms. The zero-order chi connectivity index (χ0) is 60.8. The number of aromatic nitrogens is 2. The first kappa shape index (κ1) is 64.0. The normalized spacial score (nSPS) is 17.6. The summed E-state index contributed by atoms with van der Waals surface area (Å²) in [7, 11) is 2.02. The predicted octanol–water partition coefficient (Wildman–Crippen LogP) is 7.66. The number of hydrogen-bond acceptors (Lipinski definition) is 13. The average molecular weight is 1190 g/mol. The molecule has 5 heterocycles. The summed E-state index contributed by atoms with van der Waals surface area (Å²) in [5.41, 5.74) is 4.98. The SMILES string of the molecule is Cc1ncsc1-c1ccc(CNC(=O)C2CC(O)CN2C(=O)C(NC(=O)CCCCCCCCC(=O)NCCN2CCN(Cc3cccc(-c4ccc(N5CCN(C)CC5)c(NC(=O)c5c[nH]c(=O)cc5C(F)(F)F)c4)c3)CC2)C(C)(C)C)cc1. The number of alkyl halides is 3. The van der Waals surface area contributed by atoms with Gasteiger partial charge in [-0.1, -0.05) is 95.0 Å². The quantitative estimate of drug-likeness (QED) is 0.0329. The second kappa shape index (κ2) is 29.4. The Morgan fingerprint density at radius 1 is 0.776 bits per heavy atom. The second-order valence-electron chi connectivity index (χ2n) is 23.8. The van der Waals surface area contributed by atoms with Gasteiger partial charge in [-0.25, -0.2) is 4.98 Å². The van der Waals surface area contributed by atoms with Gasteiger partial charge in [0.25, 0.3) is 5.91 Å². The highest BCUT2D eigenvalue weighted by Crippen LogP contribution is 2.36. The van der Waals surface area contributed by atoms with Crippen molar-refractivity contribution in [1.29, 1.82) is 0 Å². The third kappa shape index (κ3) is 18.0. The van der Waals surface area contributed by atoms with Gasteiger partial charge >= 0.3 is 6.18 Å². The van der Waals surface area contributed by atoms with Crippen molar-refractivity contribution in [3.05, 3.63) is 123 Å². The molecule has 8 rings (SSSR count). The van der Waals surface area contributed by atoms with Gasteiger partial charge in [0.15, 0.2) is 0 Å². The molecule has 3 aromatic carbocycles. The van der Waals surface area contributed by atoms with Gasteiger partial charge in [0.2, 0.25) is 29.2 Å². The van der Waals surface area contributed by atoms with Crippen LogP contribution in [0.25, 0.3) is 21.6 Å². The van der Waals surface area contributed by atoms with E-state index >= 15 is 0 Å². The molecule has 3 atom stereocenters. The maximum absolute atomic E-state index is 14.1. The number of aliphatic hydroxyl groups excluding tert-OH is 1. The number of amides is 5. The van der Waals surface area contributed by atoms with E-state index in [0.29, 0.717) is 56.5 Å². The molecule has 0 aliphatic carbocycles. The smallest absolute Gasteiger partial charge is 0.391 e. The van der Waals surface area contributed by atoms with Crippen LogP contribution < -0.4 is 31.7 Å². The Morgan fingerprint density at radius 3 is 2.11 bits per heavy atom. The molecular formula is C63H82F3N11O7S. The fourth-order valence-corrected chi connectivity index (χ4v) is 12.0. The van der Waals surface area contributed by atoms with Gasteiger partial charge in [0, 0.05) is 117 Å². The molecule has 85 heavy (non-hydrogen) atoms. The number of rotatable bonds is 24. The van der Waals surface area contributed by atoms with Gasteiger partial charge in [0.1, 0.15) is 12.1 Å². The van der Waals surface area contributed by atoms with Gasteiger partial charge in [-0.2, -0.15) is 13.2 Å². The lowest BCUT2D eigenvalue weighted by atomic mass is 9.85. The van der Waals surface area contributed by atoms with Crippen molar-refractivity contribution in [3.8, 4) is 21.6 Å². The molecule has 0 spiro atoms. The molecule has 3 fully saturated rings. The lowest BCUT2D eigenvalue weighted by Gasteiger charge is -2.35. The number of aryl methyl sites for hydroxylation is 1. The second-order valence-corrected chi connectivity index (χ2v) is 24.7. The van der Waals surface area contributed by atoms with Crippen LogP contribution in [0.4, 0.5) is 24.5 Å². The number of likely N-dealkylation sites (tertiary alicyclic amines) is 1. The summed E-state index contributed by atoms with van der Waals surface area (Å²) >= 11 is 1.57. The minimum absolute atomic E-state index is 0.00693. The molecule has 5 amide bonds. The number of piperazine rings is 2. The van der Waals surface area contributed by atoms with Crippen molar-refractivity contribution in [2.75, 3.05) is 89.3 Å². The number of nitrogens with zero attached hydrogens (tertiary/aromatic N) is 6. The summed E-state index contributed by atoms with van der Waals surface area (Å²) in [5, 5.41) is 22.3. The Morgan fingerprint density at radius 2 is 1.44 bits per heavy atom. The van der Waals surface area contributed by atoms with E-state index < -0.39 is 52.4 Å². The number of β-amino-alcohol motifs (C(OH)–C–C–N with tert-alkyl or cyclic N) is 1. The number of hydrogen-bond donors (Lipinski definition) is 6. The molecule has 3 aliphatic heterocycles. The van der Waals surface area contributed by atoms with Crippen LogP contribution in [0.1, 0.15) is 111 Å². The summed E-state index contributed by atoms with van der Waals surface area (Å²) in [6.45, 7) is 16.2. The number of aliphatic hydroxyl groups is 1. The van der Waals surface area contributed by atoms with E-state index in [9.17, 15) is 47.0 Å². The first-order valence-corrected chi connectivity index (χ1v) is 30.5. The molecule has 3 aliphatic rings.